The number of aryl methyl sites for hydroxylation is 1. The van der Waals surface area contributed by atoms with Gasteiger partial charge in [-0.2, -0.15) is 0 Å². The molecule has 2 saturated heterocycles. The second-order valence-corrected chi connectivity index (χ2v) is 6.59. The third-order valence-corrected chi connectivity index (χ3v) is 4.75. The Hall–Kier alpha value is -1.77. The Balaban J connectivity index is 1.33. The van der Waals surface area contributed by atoms with Crippen LogP contribution in [0.4, 0.5) is 4.79 Å². The largest absolute Gasteiger partial charge is 0.379 e. The van der Waals surface area contributed by atoms with Crippen molar-refractivity contribution in [3.05, 3.63) is 23.8 Å². The van der Waals surface area contributed by atoms with E-state index in [9.17, 15) is 4.79 Å². The molecule has 2 aliphatic heterocycles. The molecule has 0 bridgehead atoms. The molecule has 138 valence electrons. The van der Waals surface area contributed by atoms with Crippen LogP contribution in [0.1, 0.15) is 11.4 Å². The average molecular weight is 348 g/mol. The summed E-state index contributed by atoms with van der Waals surface area (Å²) in [6, 6.07) is -0.0183. The predicted octanol–water partition coefficient (Wildman–Crippen LogP) is -0.0556. The van der Waals surface area contributed by atoms with Gasteiger partial charge in [0, 0.05) is 58.6 Å². The second-order valence-electron chi connectivity index (χ2n) is 6.59. The molecule has 1 N–H and O–H groups in total. The third-order valence-electron chi connectivity index (χ3n) is 4.75. The maximum absolute atomic E-state index is 12.3. The maximum Gasteiger partial charge on any atom is 0.317 e. The van der Waals surface area contributed by atoms with Gasteiger partial charge in [0.25, 0.3) is 0 Å². The van der Waals surface area contributed by atoms with Crippen molar-refractivity contribution in [2.75, 3.05) is 65.6 Å². The Morgan fingerprint density at radius 3 is 2.36 bits per heavy atom. The Morgan fingerprint density at radius 1 is 1.04 bits per heavy atom. The van der Waals surface area contributed by atoms with Crippen LogP contribution in [0.25, 0.3) is 0 Å². The highest BCUT2D eigenvalue weighted by molar-refractivity contribution is 5.74. The van der Waals surface area contributed by atoms with Crippen molar-refractivity contribution in [3.63, 3.8) is 0 Å². The molecule has 3 heterocycles. The van der Waals surface area contributed by atoms with Gasteiger partial charge in [0.05, 0.1) is 37.3 Å². The van der Waals surface area contributed by atoms with Crippen LogP contribution in [-0.2, 0) is 11.3 Å². The molecule has 25 heavy (non-hydrogen) atoms. The SMILES string of the molecule is Cc1cnc(CNC(=O)N2CCN(CCN3CCOCC3)CC2)cn1. The summed E-state index contributed by atoms with van der Waals surface area (Å²) >= 11 is 0. The van der Waals surface area contributed by atoms with Gasteiger partial charge in [-0.3, -0.25) is 19.8 Å². The van der Waals surface area contributed by atoms with Crippen LogP contribution in [0.2, 0.25) is 0 Å². The van der Waals surface area contributed by atoms with Gasteiger partial charge >= 0.3 is 6.03 Å². The lowest BCUT2D eigenvalue weighted by atomic mass is 10.3. The number of carbonyl (C=O) groups excluding carboxylic acids is 1. The van der Waals surface area contributed by atoms with Gasteiger partial charge in [-0.05, 0) is 6.92 Å². The number of hydrogen-bond acceptors (Lipinski definition) is 6. The first-order valence-corrected chi connectivity index (χ1v) is 9.03. The van der Waals surface area contributed by atoms with E-state index in [4.69, 9.17) is 4.74 Å². The van der Waals surface area contributed by atoms with E-state index >= 15 is 0 Å². The van der Waals surface area contributed by atoms with E-state index in [0.717, 1.165) is 77.0 Å². The number of hydrogen-bond donors (Lipinski definition) is 1. The minimum atomic E-state index is -0.0183. The van der Waals surface area contributed by atoms with Crippen molar-refractivity contribution in [2.45, 2.75) is 13.5 Å². The molecule has 8 heteroatoms. The van der Waals surface area contributed by atoms with Crippen LogP contribution in [0.3, 0.4) is 0 Å². The molecule has 0 aromatic carbocycles. The lowest BCUT2D eigenvalue weighted by Gasteiger charge is -2.36. The van der Waals surface area contributed by atoms with E-state index in [2.05, 4.69) is 25.1 Å². The molecule has 0 saturated carbocycles. The zero-order valence-electron chi connectivity index (χ0n) is 15.0. The Labute approximate surface area is 149 Å². The molecule has 1 aromatic rings. The second kappa shape index (κ2) is 9.07. The van der Waals surface area contributed by atoms with Crippen molar-refractivity contribution < 1.29 is 9.53 Å². The van der Waals surface area contributed by atoms with Gasteiger partial charge in [-0.1, -0.05) is 0 Å². The summed E-state index contributed by atoms with van der Waals surface area (Å²) in [7, 11) is 0. The van der Waals surface area contributed by atoms with E-state index in [1.165, 1.54) is 0 Å². The number of aromatic nitrogens is 2. The van der Waals surface area contributed by atoms with Gasteiger partial charge in [0.2, 0.25) is 0 Å². The van der Waals surface area contributed by atoms with Gasteiger partial charge < -0.3 is 15.0 Å². The van der Waals surface area contributed by atoms with Gasteiger partial charge in [0.1, 0.15) is 0 Å². The summed E-state index contributed by atoms with van der Waals surface area (Å²) in [6.07, 6.45) is 3.42. The number of ether oxygens (including phenoxy) is 1. The molecule has 3 rings (SSSR count). The molecular weight excluding hydrogens is 320 g/mol. The molecule has 2 aliphatic rings. The summed E-state index contributed by atoms with van der Waals surface area (Å²) in [5, 5.41) is 2.93. The highest BCUT2D eigenvalue weighted by Crippen LogP contribution is 2.04. The quantitative estimate of drug-likeness (QED) is 0.804. The number of urea groups is 1. The number of nitrogens with zero attached hydrogens (tertiary/aromatic N) is 5. The van der Waals surface area contributed by atoms with Crippen LogP contribution in [0.15, 0.2) is 12.4 Å². The average Bonchev–Trinajstić information content (AvgIpc) is 2.67. The molecule has 0 spiro atoms. The van der Waals surface area contributed by atoms with E-state index in [0.29, 0.717) is 6.54 Å². The number of rotatable bonds is 5. The number of amides is 2. The van der Waals surface area contributed by atoms with Crippen LogP contribution in [-0.4, -0.2) is 96.3 Å². The van der Waals surface area contributed by atoms with Crippen molar-refractivity contribution in [1.82, 2.24) is 30.0 Å². The predicted molar refractivity (Wildman–Crippen MR) is 94.3 cm³/mol. The smallest absolute Gasteiger partial charge is 0.317 e. The first kappa shape index (κ1) is 18.0. The minimum absolute atomic E-state index is 0.0183. The molecule has 2 fully saturated rings. The van der Waals surface area contributed by atoms with Crippen molar-refractivity contribution in [2.24, 2.45) is 0 Å². The van der Waals surface area contributed by atoms with Gasteiger partial charge in [-0.15, -0.1) is 0 Å². The molecule has 2 amide bonds. The van der Waals surface area contributed by atoms with Crippen LogP contribution < -0.4 is 5.32 Å². The highest BCUT2D eigenvalue weighted by Gasteiger charge is 2.21. The number of morpholine rings is 1. The molecular formula is C17H28N6O2. The minimum Gasteiger partial charge on any atom is -0.379 e. The van der Waals surface area contributed by atoms with Crippen molar-refractivity contribution in [3.8, 4) is 0 Å². The standard InChI is InChI=1S/C17H28N6O2/c1-15-12-19-16(13-18-15)14-20-17(24)23-6-4-21(5-7-23)2-3-22-8-10-25-11-9-22/h12-13H,2-11,14H2,1H3,(H,20,24). The first-order chi connectivity index (χ1) is 12.2. The summed E-state index contributed by atoms with van der Waals surface area (Å²) in [5.74, 6) is 0. The van der Waals surface area contributed by atoms with Crippen LogP contribution in [0.5, 0.6) is 0 Å². The Bertz CT molecular complexity index is 539. The summed E-state index contributed by atoms with van der Waals surface area (Å²) < 4.78 is 5.38. The molecule has 0 atom stereocenters. The topological polar surface area (TPSA) is 73.8 Å². The zero-order valence-corrected chi connectivity index (χ0v) is 15.0. The fraction of sp³-hybridized carbons (Fsp3) is 0.706. The van der Waals surface area contributed by atoms with E-state index < -0.39 is 0 Å². The molecule has 0 unspecified atom stereocenters. The number of carbonyl (C=O) groups is 1. The van der Waals surface area contributed by atoms with E-state index in [-0.39, 0.29) is 6.03 Å². The fourth-order valence-electron chi connectivity index (χ4n) is 3.07. The van der Waals surface area contributed by atoms with Gasteiger partial charge in [-0.25, -0.2) is 4.79 Å². The van der Waals surface area contributed by atoms with Crippen molar-refractivity contribution >= 4 is 6.03 Å². The van der Waals surface area contributed by atoms with Gasteiger partial charge in [0.15, 0.2) is 0 Å². The molecule has 0 aliphatic carbocycles. The lowest BCUT2D eigenvalue weighted by Crippen LogP contribution is -2.53. The fourth-order valence-corrected chi connectivity index (χ4v) is 3.07. The molecule has 1 aromatic heterocycles. The van der Waals surface area contributed by atoms with E-state index in [1.807, 2.05) is 11.8 Å². The third kappa shape index (κ3) is 5.62. The summed E-state index contributed by atoms with van der Waals surface area (Å²) in [6.45, 7) is 11.6. The van der Waals surface area contributed by atoms with Crippen molar-refractivity contribution in [1.29, 1.82) is 0 Å². The number of piperazine rings is 1. The number of nitrogens with one attached hydrogen (secondary N) is 1. The Kier molecular flexibility index (Phi) is 6.55. The zero-order chi connectivity index (χ0) is 17.5. The lowest BCUT2D eigenvalue weighted by molar-refractivity contribution is 0.0309. The maximum atomic E-state index is 12.3. The van der Waals surface area contributed by atoms with E-state index in [1.54, 1.807) is 12.4 Å². The summed E-state index contributed by atoms with van der Waals surface area (Å²) in [4.78, 5) is 27.5. The molecule has 0 radical (unpaired) electrons. The molecule has 8 nitrogen and oxygen atoms in total. The van der Waals surface area contributed by atoms with Crippen LogP contribution in [0, 0.1) is 6.92 Å². The highest BCUT2D eigenvalue weighted by atomic mass is 16.5. The first-order valence-electron chi connectivity index (χ1n) is 9.03. The van der Waals surface area contributed by atoms with Crippen LogP contribution >= 0.6 is 0 Å². The summed E-state index contributed by atoms with van der Waals surface area (Å²) in [5.41, 5.74) is 1.66. The monoisotopic (exact) mass is 348 g/mol. The Morgan fingerprint density at radius 2 is 1.72 bits per heavy atom. The normalized spacial score (nSPS) is 19.8.